The molecule has 3 heterocycles. The van der Waals surface area contributed by atoms with Crippen LogP contribution in [0.25, 0.3) is 0 Å². The first kappa shape index (κ1) is 20.9. The predicted octanol–water partition coefficient (Wildman–Crippen LogP) is 4.25. The van der Waals surface area contributed by atoms with Gasteiger partial charge >= 0.3 is 0 Å². The van der Waals surface area contributed by atoms with Gasteiger partial charge in [0.25, 0.3) is 5.91 Å². The molecule has 1 amide bonds. The second-order valence-corrected chi connectivity index (χ2v) is 9.55. The number of aryl methyl sites for hydroxylation is 1. The van der Waals surface area contributed by atoms with Crippen molar-refractivity contribution in [2.75, 3.05) is 11.9 Å². The Bertz CT molecular complexity index is 930. The molecule has 0 saturated carbocycles. The Morgan fingerprint density at radius 2 is 1.87 bits per heavy atom. The third kappa shape index (κ3) is 3.22. The number of carbonyl (C=O) groups is 1. The maximum atomic E-state index is 13.9. The Labute approximate surface area is 179 Å². The van der Waals surface area contributed by atoms with Gasteiger partial charge in [0.1, 0.15) is 11.4 Å². The van der Waals surface area contributed by atoms with Crippen LogP contribution < -0.4 is 5.32 Å². The van der Waals surface area contributed by atoms with Gasteiger partial charge in [-0.25, -0.2) is 4.68 Å². The molecule has 4 rings (SSSR count). The molecule has 0 radical (unpaired) electrons. The summed E-state index contributed by atoms with van der Waals surface area (Å²) in [6.45, 7) is 10.9. The highest BCUT2D eigenvalue weighted by Gasteiger charge is 2.47. The van der Waals surface area contributed by atoms with Gasteiger partial charge in [0.05, 0.1) is 23.4 Å². The lowest BCUT2D eigenvalue weighted by Crippen LogP contribution is -2.47. The zero-order chi connectivity index (χ0) is 21.7. The summed E-state index contributed by atoms with van der Waals surface area (Å²) >= 11 is 0. The van der Waals surface area contributed by atoms with E-state index in [4.69, 9.17) is 5.10 Å². The lowest BCUT2D eigenvalue weighted by molar-refractivity contribution is 0.0569. The van der Waals surface area contributed by atoms with Gasteiger partial charge < -0.3 is 15.3 Å². The number of anilines is 1. The fraction of sp³-hybridized carbons (Fsp3) is 0.583. The number of rotatable bonds is 4. The van der Waals surface area contributed by atoms with Gasteiger partial charge in [-0.05, 0) is 52.0 Å². The Balaban J connectivity index is 1.77. The van der Waals surface area contributed by atoms with Gasteiger partial charge in [0.15, 0.2) is 0 Å². The average molecular weight is 411 g/mol. The number of benzene rings is 1. The Hall–Kier alpha value is -2.34. The summed E-state index contributed by atoms with van der Waals surface area (Å²) in [7, 11) is 0. The molecule has 0 spiro atoms. The van der Waals surface area contributed by atoms with Crippen molar-refractivity contribution < 1.29 is 9.90 Å². The monoisotopic (exact) mass is 410 g/mol. The molecule has 6 heteroatoms. The molecular formula is C24H34N4O2. The lowest BCUT2D eigenvalue weighted by Gasteiger charge is -2.39. The third-order valence-corrected chi connectivity index (χ3v) is 7.21. The maximum Gasteiger partial charge on any atom is 0.260 e. The molecule has 162 valence electrons. The van der Waals surface area contributed by atoms with Crippen molar-refractivity contribution >= 4 is 11.7 Å². The zero-order valence-corrected chi connectivity index (χ0v) is 18.8. The summed E-state index contributed by atoms with van der Waals surface area (Å²) < 4.78 is 1.99. The normalized spacial score (nSPS) is 24.4. The quantitative estimate of drug-likeness (QED) is 0.791. The van der Waals surface area contributed by atoms with E-state index in [-0.39, 0.29) is 23.0 Å². The highest BCUT2D eigenvalue weighted by atomic mass is 16.3. The SMILES string of the molecule is CCC1(CC)C[C@@H](O)CN1C(=O)c1c(C)nn2c1N[C@@H](c1ccccc1)CC2(C)C. The van der Waals surface area contributed by atoms with Gasteiger partial charge in [-0.3, -0.25) is 4.79 Å². The minimum atomic E-state index is -0.470. The number of nitrogens with one attached hydrogen (secondary N) is 1. The van der Waals surface area contributed by atoms with Crippen LogP contribution in [0.1, 0.15) is 81.0 Å². The minimum Gasteiger partial charge on any atom is -0.391 e. The van der Waals surface area contributed by atoms with Gasteiger partial charge in [0, 0.05) is 12.1 Å². The third-order valence-electron chi connectivity index (χ3n) is 7.21. The number of aromatic nitrogens is 2. The Morgan fingerprint density at radius 1 is 1.20 bits per heavy atom. The fourth-order valence-electron chi connectivity index (χ4n) is 5.41. The zero-order valence-electron chi connectivity index (χ0n) is 18.8. The highest BCUT2D eigenvalue weighted by Crippen LogP contribution is 2.43. The summed E-state index contributed by atoms with van der Waals surface area (Å²) in [5.74, 6) is 0.774. The van der Waals surface area contributed by atoms with Crippen LogP contribution in [0.15, 0.2) is 30.3 Å². The van der Waals surface area contributed by atoms with E-state index < -0.39 is 6.10 Å². The van der Waals surface area contributed by atoms with E-state index in [9.17, 15) is 9.90 Å². The van der Waals surface area contributed by atoms with Crippen molar-refractivity contribution in [1.82, 2.24) is 14.7 Å². The molecule has 0 bridgehead atoms. The van der Waals surface area contributed by atoms with E-state index in [0.29, 0.717) is 18.5 Å². The summed E-state index contributed by atoms with van der Waals surface area (Å²) in [5, 5.41) is 18.8. The van der Waals surface area contributed by atoms with E-state index in [1.54, 1.807) is 0 Å². The summed E-state index contributed by atoms with van der Waals surface area (Å²) in [6, 6.07) is 10.5. The molecule has 2 aromatic rings. The standard InChI is InChI=1S/C24H34N4O2/c1-6-24(7-2)13-18(29)15-27(24)22(30)20-16(3)26-28-21(20)25-19(14-23(28,4)5)17-11-9-8-10-12-17/h8-12,18-19,25,29H,6-7,13-15H2,1-5H3/t18-,19-/m1/s1. The van der Waals surface area contributed by atoms with Crippen molar-refractivity contribution in [1.29, 1.82) is 0 Å². The van der Waals surface area contributed by atoms with E-state index in [2.05, 4.69) is 57.3 Å². The van der Waals surface area contributed by atoms with Crippen LogP contribution in [0, 0.1) is 6.92 Å². The van der Waals surface area contributed by atoms with E-state index in [1.165, 1.54) is 5.56 Å². The van der Waals surface area contributed by atoms with Crippen molar-refractivity contribution in [2.45, 2.75) is 83.5 Å². The van der Waals surface area contributed by atoms with Crippen LogP contribution in [0.4, 0.5) is 5.82 Å². The molecule has 2 atom stereocenters. The van der Waals surface area contributed by atoms with Crippen LogP contribution in [-0.2, 0) is 5.54 Å². The van der Waals surface area contributed by atoms with Gasteiger partial charge in [-0.1, -0.05) is 44.2 Å². The molecule has 2 N–H and O–H groups in total. The van der Waals surface area contributed by atoms with E-state index in [1.807, 2.05) is 22.6 Å². The number of carbonyl (C=O) groups excluding carboxylic acids is 1. The minimum absolute atomic E-state index is 0.0222. The van der Waals surface area contributed by atoms with Crippen LogP contribution in [0.5, 0.6) is 0 Å². The van der Waals surface area contributed by atoms with E-state index >= 15 is 0 Å². The molecule has 1 aromatic heterocycles. The largest absolute Gasteiger partial charge is 0.391 e. The molecule has 1 aromatic carbocycles. The first-order valence-corrected chi connectivity index (χ1v) is 11.1. The number of aliphatic hydroxyl groups is 1. The summed E-state index contributed by atoms with van der Waals surface area (Å²) in [4.78, 5) is 15.8. The number of fused-ring (bicyclic) bond motifs is 1. The number of hydrogen-bond acceptors (Lipinski definition) is 4. The number of β-amino-alcohol motifs (C(OH)–C–C–N with tert-alkyl or cyclic N) is 1. The Kier molecular flexibility index (Phi) is 5.17. The summed E-state index contributed by atoms with van der Waals surface area (Å²) in [5.41, 5.74) is 2.08. The van der Waals surface area contributed by atoms with Crippen molar-refractivity contribution in [3.05, 3.63) is 47.2 Å². The predicted molar refractivity (Wildman–Crippen MR) is 119 cm³/mol. The second kappa shape index (κ2) is 7.41. The number of hydrogen-bond donors (Lipinski definition) is 2. The van der Waals surface area contributed by atoms with Crippen molar-refractivity contribution in [3.63, 3.8) is 0 Å². The number of amides is 1. The van der Waals surface area contributed by atoms with Gasteiger partial charge in [0.2, 0.25) is 0 Å². The van der Waals surface area contributed by atoms with Crippen LogP contribution >= 0.6 is 0 Å². The molecule has 0 unspecified atom stereocenters. The highest BCUT2D eigenvalue weighted by molar-refractivity contribution is 6.01. The van der Waals surface area contributed by atoms with Crippen LogP contribution in [0.3, 0.4) is 0 Å². The van der Waals surface area contributed by atoms with Crippen LogP contribution in [-0.4, -0.2) is 43.9 Å². The second-order valence-electron chi connectivity index (χ2n) is 9.55. The topological polar surface area (TPSA) is 70.4 Å². The van der Waals surface area contributed by atoms with Crippen LogP contribution in [0.2, 0.25) is 0 Å². The molecule has 30 heavy (non-hydrogen) atoms. The summed E-state index contributed by atoms with van der Waals surface area (Å²) in [6.07, 6.45) is 2.72. The smallest absolute Gasteiger partial charge is 0.260 e. The molecule has 0 aliphatic carbocycles. The number of likely N-dealkylation sites (tertiary alicyclic amines) is 1. The average Bonchev–Trinajstić information content (AvgIpc) is 3.25. The van der Waals surface area contributed by atoms with Gasteiger partial charge in [-0.2, -0.15) is 5.10 Å². The van der Waals surface area contributed by atoms with E-state index in [0.717, 1.165) is 30.8 Å². The van der Waals surface area contributed by atoms with Crippen molar-refractivity contribution in [2.24, 2.45) is 0 Å². The first-order chi connectivity index (χ1) is 14.2. The van der Waals surface area contributed by atoms with Gasteiger partial charge in [-0.15, -0.1) is 0 Å². The lowest BCUT2D eigenvalue weighted by atomic mass is 9.88. The molecule has 2 aliphatic rings. The molecule has 1 fully saturated rings. The maximum absolute atomic E-state index is 13.9. The number of aliphatic hydroxyl groups excluding tert-OH is 1. The molecule has 1 saturated heterocycles. The van der Waals surface area contributed by atoms with Crippen molar-refractivity contribution in [3.8, 4) is 0 Å². The molecule has 6 nitrogen and oxygen atoms in total. The molecule has 2 aliphatic heterocycles. The first-order valence-electron chi connectivity index (χ1n) is 11.1. The number of nitrogens with zero attached hydrogens (tertiary/aromatic N) is 3. The fourth-order valence-corrected chi connectivity index (χ4v) is 5.41. The molecular weight excluding hydrogens is 376 g/mol. The Morgan fingerprint density at radius 3 is 2.50 bits per heavy atom.